The van der Waals surface area contributed by atoms with Crippen LogP contribution in [0.5, 0.6) is 5.75 Å². The molecule has 0 heterocycles. The molecule has 0 spiro atoms. The van der Waals surface area contributed by atoms with Crippen molar-refractivity contribution in [2.24, 2.45) is 0 Å². The maximum absolute atomic E-state index is 11.5. The Hall–Kier alpha value is -2.58. The van der Waals surface area contributed by atoms with Crippen LogP contribution >= 0.6 is 11.6 Å². The van der Waals surface area contributed by atoms with Crippen molar-refractivity contribution in [3.63, 3.8) is 0 Å². The number of benzene rings is 3. The predicted octanol–water partition coefficient (Wildman–Crippen LogP) is 5.31. The van der Waals surface area contributed by atoms with Crippen molar-refractivity contribution in [2.45, 2.75) is 6.61 Å². The van der Waals surface area contributed by atoms with Crippen LogP contribution in [-0.4, -0.2) is 5.24 Å². The van der Waals surface area contributed by atoms with Gasteiger partial charge < -0.3 is 4.74 Å². The molecule has 3 rings (SSSR count). The first-order valence-corrected chi connectivity index (χ1v) is 7.68. The second kappa shape index (κ2) is 7.12. The first kappa shape index (κ1) is 15.3. The molecule has 3 aromatic rings. The smallest absolute Gasteiger partial charge is 0.253 e. The van der Waals surface area contributed by atoms with E-state index in [1.807, 2.05) is 66.7 Å². The molecule has 0 aliphatic heterocycles. The van der Waals surface area contributed by atoms with Gasteiger partial charge in [-0.3, -0.25) is 4.79 Å². The van der Waals surface area contributed by atoms with Crippen molar-refractivity contribution < 1.29 is 9.53 Å². The van der Waals surface area contributed by atoms with Crippen molar-refractivity contribution >= 4 is 16.8 Å². The third-order valence-electron chi connectivity index (χ3n) is 3.55. The van der Waals surface area contributed by atoms with Crippen LogP contribution < -0.4 is 4.74 Å². The zero-order valence-electron chi connectivity index (χ0n) is 12.4. The lowest BCUT2D eigenvalue weighted by Gasteiger charge is -2.09. The Bertz CT molecular complexity index is 795. The first-order chi connectivity index (χ1) is 11.2. The van der Waals surface area contributed by atoms with Crippen molar-refractivity contribution in [1.82, 2.24) is 0 Å². The van der Waals surface area contributed by atoms with Crippen LogP contribution in [0.1, 0.15) is 15.9 Å². The van der Waals surface area contributed by atoms with Gasteiger partial charge in [-0.05, 0) is 46.5 Å². The minimum absolute atomic E-state index is 0.454. The van der Waals surface area contributed by atoms with Crippen LogP contribution in [0.3, 0.4) is 0 Å². The van der Waals surface area contributed by atoms with Gasteiger partial charge in [0.2, 0.25) is 0 Å². The highest BCUT2D eigenvalue weighted by molar-refractivity contribution is 6.68. The van der Waals surface area contributed by atoms with Gasteiger partial charge in [0.25, 0.3) is 5.24 Å². The van der Waals surface area contributed by atoms with E-state index < -0.39 is 5.24 Å². The SMILES string of the molecule is O=C(Cl)c1ccccc1-c1ccc(OCc2ccccc2)cc1. The summed E-state index contributed by atoms with van der Waals surface area (Å²) < 4.78 is 5.77. The lowest BCUT2D eigenvalue weighted by molar-refractivity contribution is 0.108. The van der Waals surface area contributed by atoms with Gasteiger partial charge in [-0.2, -0.15) is 0 Å². The second-order valence-electron chi connectivity index (χ2n) is 5.12. The highest BCUT2D eigenvalue weighted by Gasteiger charge is 2.09. The molecule has 0 unspecified atom stereocenters. The monoisotopic (exact) mass is 322 g/mol. The maximum Gasteiger partial charge on any atom is 0.253 e. The predicted molar refractivity (Wildman–Crippen MR) is 92.8 cm³/mol. The molecule has 0 aliphatic rings. The van der Waals surface area contributed by atoms with E-state index in [0.29, 0.717) is 12.2 Å². The molecule has 0 radical (unpaired) electrons. The minimum Gasteiger partial charge on any atom is -0.489 e. The van der Waals surface area contributed by atoms with E-state index in [4.69, 9.17) is 16.3 Å². The average Bonchev–Trinajstić information content (AvgIpc) is 2.61. The third kappa shape index (κ3) is 3.79. The fourth-order valence-corrected chi connectivity index (χ4v) is 2.54. The van der Waals surface area contributed by atoms with E-state index in [1.165, 1.54) is 0 Å². The quantitative estimate of drug-likeness (QED) is 0.595. The highest BCUT2D eigenvalue weighted by atomic mass is 35.5. The zero-order chi connectivity index (χ0) is 16.1. The summed E-state index contributed by atoms with van der Waals surface area (Å²) >= 11 is 5.64. The van der Waals surface area contributed by atoms with E-state index in [9.17, 15) is 4.79 Å². The lowest BCUT2D eigenvalue weighted by Crippen LogP contribution is -1.95. The number of hydrogen-bond donors (Lipinski definition) is 0. The molecule has 114 valence electrons. The number of carbonyl (C=O) groups excluding carboxylic acids is 1. The van der Waals surface area contributed by atoms with Crippen molar-refractivity contribution in [3.05, 3.63) is 90.0 Å². The van der Waals surface area contributed by atoms with Gasteiger partial charge in [0.1, 0.15) is 12.4 Å². The fraction of sp³-hybridized carbons (Fsp3) is 0.0500. The molecule has 0 N–H and O–H groups in total. The summed E-state index contributed by atoms with van der Waals surface area (Å²) in [6, 6.07) is 25.0. The number of carbonyl (C=O) groups is 1. The number of rotatable bonds is 5. The molecule has 3 aromatic carbocycles. The largest absolute Gasteiger partial charge is 0.489 e. The topological polar surface area (TPSA) is 26.3 Å². The molecular formula is C20H15ClO2. The Morgan fingerprint density at radius 1 is 0.826 bits per heavy atom. The van der Waals surface area contributed by atoms with Crippen molar-refractivity contribution in [2.75, 3.05) is 0 Å². The van der Waals surface area contributed by atoms with Crippen molar-refractivity contribution in [1.29, 1.82) is 0 Å². The van der Waals surface area contributed by atoms with E-state index in [2.05, 4.69) is 0 Å². The molecule has 2 nitrogen and oxygen atoms in total. The average molecular weight is 323 g/mol. The minimum atomic E-state index is -0.454. The second-order valence-corrected chi connectivity index (χ2v) is 5.46. The summed E-state index contributed by atoms with van der Waals surface area (Å²) in [6.07, 6.45) is 0. The summed E-state index contributed by atoms with van der Waals surface area (Å²) in [5.41, 5.74) is 3.38. The molecule has 0 saturated carbocycles. The van der Waals surface area contributed by atoms with E-state index in [1.54, 1.807) is 12.1 Å². The van der Waals surface area contributed by atoms with E-state index in [0.717, 1.165) is 22.4 Å². The lowest BCUT2D eigenvalue weighted by atomic mass is 10.0. The van der Waals surface area contributed by atoms with Gasteiger partial charge in [0, 0.05) is 5.56 Å². The van der Waals surface area contributed by atoms with Crippen LogP contribution in [0.4, 0.5) is 0 Å². The third-order valence-corrected chi connectivity index (χ3v) is 3.76. The number of halogens is 1. The van der Waals surface area contributed by atoms with Gasteiger partial charge >= 0.3 is 0 Å². The number of hydrogen-bond acceptors (Lipinski definition) is 2. The fourth-order valence-electron chi connectivity index (χ4n) is 2.38. The van der Waals surface area contributed by atoms with Crippen LogP contribution in [-0.2, 0) is 6.61 Å². The molecule has 0 saturated heterocycles. The molecule has 0 aliphatic carbocycles. The molecule has 0 aromatic heterocycles. The van der Waals surface area contributed by atoms with Crippen LogP contribution in [0.25, 0.3) is 11.1 Å². The van der Waals surface area contributed by atoms with Crippen LogP contribution in [0, 0.1) is 0 Å². The highest BCUT2D eigenvalue weighted by Crippen LogP contribution is 2.27. The molecule has 3 heteroatoms. The summed E-state index contributed by atoms with van der Waals surface area (Å²) in [5.74, 6) is 0.785. The Balaban J connectivity index is 1.76. The Morgan fingerprint density at radius 3 is 2.17 bits per heavy atom. The Kier molecular flexibility index (Phi) is 4.74. The molecule has 0 atom stereocenters. The van der Waals surface area contributed by atoms with Crippen molar-refractivity contribution in [3.8, 4) is 16.9 Å². The maximum atomic E-state index is 11.5. The molecule has 23 heavy (non-hydrogen) atoms. The van der Waals surface area contributed by atoms with Crippen LogP contribution in [0.15, 0.2) is 78.9 Å². The molecule has 0 amide bonds. The molecular weight excluding hydrogens is 308 g/mol. The summed E-state index contributed by atoms with van der Waals surface area (Å²) in [5, 5.41) is -0.454. The molecule has 0 bridgehead atoms. The zero-order valence-corrected chi connectivity index (χ0v) is 13.2. The van der Waals surface area contributed by atoms with E-state index in [-0.39, 0.29) is 0 Å². The van der Waals surface area contributed by atoms with Gasteiger partial charge in [-0.15, -0.1) is 0 Å². The summed E-state index contributed by atoms with van der Waals surface area (Å²) in [6.45, 7) is 0.525. The number of ether oxygens (including phenoxy) is 1. The van der Waals surface area contributed by atoms with E-state index >= 15 is 0 Å². The van der Waals surface area contributed by atoms with Gasteiger partial charge in [-0.25, -0.2) is 0 Å². The van der Waals surface area contributed by atoms with Crippen LogP contribution in [0.2, 0.25) is 0 Å². The Morgan fingerprint density at radius 2 is 1.48 bits per heavy atom. The summed E-state index contributed by atoms with van der Waals surface area (Å²) in [7, 11) is 0. The standard InChI is InChI=1S/C20H15ClO2/c21-20(22)19-9-5-4-8-18(19)16-10-12-17(13-11-16)23-14-15-6-2-1-3-7-15/h1-13H,14H2. The molecule has 0 fully saturated rings. The Labute approximate surface area is 140 Å². The van der Waals surface area contributed by atoms with Gasteiger partial charge in [-0.1, -0.05) is 60.7 Å². The summed E-state index contributed by atoms with van der Waals surface area (Å²) in [4.78, 5) is 11.5. The van der Waals surface area contributed by atoms with Gasteiger partial charge in [0.15, 0.2) is 0 Å². The normalized spacial score (nSPS) is 10.3. The van der Waals surface area contributed by atoms with Gasteiger partial charge in [0.05, 0.1) is 0 Å². The first-order valence-electron chi connectivity index (χ1n) is 7.30.